The van der Waals surface area contributed by atoms with E-state index < -0.39 is 24.3 Å². The summed E-state index contributed by atoms with van der Waals surface area (Å²) >= 11 is 5.99. The minimum absolute atomic E-state index is 0.0321. The number of halogens is 1. The molecule has 3 aromatic carbocycles. The zero-order valence-corrected chi connectivity index (χ0v) is 19.6. The minimum Gasteiger partial charge on any atom is -0.481 e. The van der Waals surface area contributed by atoms with Gasteiger partial charge in [0, 0.05) is 17.5 Å². The molecule has 35 heavy (non-hydrogen) atoms. The highest BCUT2D eigenvalue weighted by molar-refractivity contribution is 6.30. The third kappa shape index (κ3) is 5.65. The van der Waals surface area contributed by atoms with E-state index >= 15 is 0 Å². The largest absolute Gasteiger partial charge is 0.481 e. The van der Waals surface area contributed by atoms with Crippen LogP contribution in [-0.4, -0.2) is 46.6 Å². The van der Waals surface area contributed by atoms with Crippen LogP contribution in [0.1, 0.15) is 40.7 Å². The SMILES string of the molecule is O=C(O)Cc1ccc(Cl)cc1C(O)C(O)CCNC(=O)OCC1c2ccccc2-c2ccccc21. The molecule has 0 heterocycles. The van der Waals surface area contributed by atoms with E-state index in [-0.39, 0.29) is 37.5 Å². The van der Waals surface area contributed by atoms with Crippen LogP contribution >= 0.6 is 11.6 Å². The first-order chi connectivity index (χ1) is 16.8. The number of amides is 1. The fourth-order valence-electron chi connectivity index (χ4n) is 4.50. The van der Waals surface area contributed by atoms with Crippen LogP contribution in [0.5, 0.6) is 0 Å². The quantitative estimate of drug-likeness (QED) is 0.352. The Kier molecular flexibility index (Phi) is 7.70. The molecule has 2 unspecified atom stereocenters. The fraction of sp³-hybridized carbons (Fsp3) is 0.259. The van der Waals surface area contributed by atoms with Gasteiger partial charge in [-0.3, -0.25) is 4.79 Å². The van der Waals surface area contributed by atoms with E-state index in [0.717, 1.165) is 22.3 Å². The van der Waals surface area contributed by atoms with E-state index in [1.807, 2.05) is 36.4 Å². The Morgan fingerprint density at radius 2 is 1.60 bits per heavy atom. The maximum Gasteiger partial charge on any atom is 0.407 e. The summed E-state index contributed by atoms with van der Waals surface area (Å²) in [5.41, 5.74) is 5.10. The number of carbonyl (C=O) groups is 2. The Labute approximate surface area is 207 Å². The van der Waals surface area contributed by atoms with Crippen molar-refractivity contribution in [2.45, 2.75) is 31.0 Å². The summed E-state index contributed by atoms with van der Waals surface area (Å²) in [7, 11) is 0. The number of aliphatic carboxylic acids is 1. The molecule has 8 heteroatoms. The topological polar surface area (TPSA) is 116 Å². The number of carbonyl (C=O) groups excluding carboxylic acids is 1. The van der Waals surface area contributed by atoms with Crippen molar-refractivity contribution in [3.8, 4) is 11.1 Å². The molecule has 2 atom stereocenters. The van der Waals surface area contributed by atoms with Crippen molar-refractivity contribution in [3.05, 3.63) is 94.0 Å². The van der Waals surface area contributed by atoms with Crippen LogP contribution in [0.25, 0.3) is 11.1 Å². The molecule has 182 valence electrons. The van der Waals surface area contributed by atoms with Gasteiger partial charge in [0.1, 0.15) is 12.7 Å². The number of ether oxygens (including phenoxy) is 1. The molecule has 7 nitrogen and oxygen atoms in total. The van der Waals surface area contributed by atoms with Gasteiger partial charge in [0.25, 0.3) is 0 Å². The van der Waals surface area contributed by atoms with Gasteiger partial charge in [0.2, 0.25) is 0 Å². The number of carboxylic acids is 1. The van der Waals surface area contributed by atoms with Crippen LogP contribution in [0.3, 0.4) is 0 Å². The van der Waals surface area contributed by atoms with Gasteiger partial charge in [-0.05, 0) is 51.9 Å². The lowest BCUT2D eigenvalue weighted by Gasteiger charge is -2.21. The molecule has 0 aromatic heterocycles. The Balaban J connectivity index is 1.30. The third-order valence-electron chi connectivity index (χ3n) is 6.19. The zero-order chi connectivity index (χ0) is 24.9. The molecule has 0 saturated carbocycles. The van der Waals surface area contributed by atoms with E-state index in [9.17, 15) is 19.8 Å². The summed E-state index contributed by atoms with van der Waals surface area (Å²) in [6, 6.07) is 20.6. The first kappa shape index (κ1) is 24.7. The second kappa shape index (κ2) is 10.9. The summed E-state index contributed by atoms with van der Waals surface area (Å²) in [4.78, 5) is 23.4. The second-order valence-corrected chi connectivity index (χ2v) is 8.90. The Morgan fingerprint density at radius 1 is 0.971 bits per heavy atom. The number of hydrogen-bond donors (Lipinski definition) is 4. The smallest absolute Gasteiger partial charge is 0.407 e. The number of hydrogen-bond acceptors (Lipinski definition) is 5. The molecule has 0 fully saturated rings. The first-order valence-electron chi connectivity index (χ1n) is 11.3. The standard InChI is InChI=1S/C27H26ClNO6/c28-17-10-9-16(13-25(31)32)22(14-17)26(33)24(30)11-12-29-27(34)35-15-23-20-7-3-1-5-18(20)19-6-2-4-8-21(19)23/h1-10,14,23-24,26,30,33H,11-13,15H2,(H,29,34)(H,31,32). The molecule has 0 radical (unpaired) electrons. The van der Waals surface area contributed by atoms with Crippen LogP contribution in [0, 0.1) is 0 Å². The Bertz CT molecular complexity index is 1180. The van der Waals surface area contributed by atoms with Gasteiger partial charge in [-0.25, -0.2) is 4.79 Å². The highest BCUT2D eigenvalue weighted by Gasteiger charge is 2.29. The van der Waals surface area contributed by atoms with Crippen molar-refractivity contribution in [1.82, 2.24) is 5.32 Å². The van der Waals surface area contributed by atoms with Gasteiger partial charge in [-0.2, -0.15) is 0 Å². The number of alkyl carbamates (subject to hydrolysis) is 1. The first-order valence-corrected chi connectivity index (χ1v) is 11.7. The van der Waals surface area contributed by atoms with Gasteiger partial charge < -0.3 is 25.4 Å². The van der Waals surface area contributed by atoms with Crippen LogP contribution in [0.15, 0.2) is 66.7 Å². The number of aliphatic hydroxyl groups is 2. The molecule has 1 amide bonds. The number of aliphatic hydroxyl groups excluding tert-OH is 2. The van der Waals surface area contributed by atoms with Gasteiger partial charge in [0.05, 0.1) is 12.5 Å². The monoisotopic (exact) mass is 495 g/mol. The maximum atomic E-state index is 12.3. The maximum absolute atomic E-state index is 12.3. The number of benzene rings is 3. The summed E-state index contributed by atoms with van der Waals surface area (Å²) < 4.78 is 5.47. The predicted molar refractivity (Wildman–Crippen MR) is 131 cm³/mol. The predicted octanol–water partition coefficient (Wildman–Crippen LogP) is 4.29. The Morgan fingerprint density at radius 3 is 2.23 bits per heavy atom. The van der Waals surface area contributed by atoms with Gasteiger partial charge in [-0.1, -0.05) is 66.2 Å². The van der Waals surface area contributed by atoms with Crippen LogP contribution < -0.4 is 5.32 Å². The molecular weight excluding hydrogens is 470 g/mol. The van der Waals surface area contributed by atoms with E-state index in [1.165, 1.54) is 18.2 Å². The molecule has 0 bridgehead atoms. The zero-order valence-electron chi connectivity index (χ0n) is 18.9. The van der Waals surface area contributed by atoms with Gasteiger partial charge in [0.15, 0.2) is 0 Å². The van der Waals surface area contributed by atoms with Crippen LogP contribution in [0.2, 0.25) is 5.02 Å². The molecule has 3 aromatic rings. The molecule has 0 aliphatic heterocycles. The van der Waals surface area contributed by atoms with Crippen molar-refractivity contribution in [2.24, 2.45) is 0 Å². The number of fused-ring (bicyclic) bond motifs is 3. The average molecular weight is 496 g/mol. The van der Waals surface area contributed by atoms with Crippen molar-refractivity contribution in [3.63, 3.8) is 0 Å². The van der Waals surface area contributed by atoms with Crippen LogP contribution in [0.4, 0.5) is 4.79 Å². The van der Waals surface area contributed by atoms with Crippen molar-refractivity contribution >= 4 is 23.7 Å². The normalized spacial score (nSPS) is 14.0. The number of carboxylic acid groups (broad SMARTS) is 1. The fourth-order valence-corrected chi connectivity index (χ4v) is 4.68. The van der Waals surface area contributed by atoms with E-state index in [1.54, 1.807) is 0 Å². The molecule has 1 aliphatic rings. The summed E-state index contributed by atoms with van der Waals surface area (Å²) in [5.74, 6) is -1.12. The van der Waals surface area contributed by atoms with Crippen molar-refractivity contribution in [2.75, 3.05) is 13.2 Å². The summed E-state index contributed by atoms with van der Waals surface area (Å²) in [6.07, 6.45) is -3.50. The third-order valence-corrected chi connectivity index (χ3v) is 6.42. The van der Waals surface area contributed by atoms with E-state index in [2.05, 4.69) is 17.4 Å². The highest BCUT2D eigenvalue weighted by Crippen LogP contribution is 2.44. The van der Waals surface area contributed by atoms with Gasteiger partial charge >= 0.3 is 12.1 Å². The molecule has 4 N–H and O–H groups in total. The van der Waals surface area contributed by atoms with E-state index in [0.29, 0.717) is 10.6 Å². The lowest BCUT2D eigenvalue weighted by atomic mass is 9.95. The molecular formula is C27H26ClNO6. The van der Waals surface area contributed by atoms with Gasteiger partial charge in [-0.15, -0.1) is 0 Å². The number of rotatable bonds is 9. The van der Waals surface area contributed by atoms with Crippen molar-refractivity contribution < 1.29 is 29.6 Å². The molecule has 0 spiro atoms. The Hall–Kier alpha value is -3.39. The lowest BCUT2D eigenvalue weighted by molar-refractivity contribution is -0.136. The average Bonchev–Trinajstić information content (AvgIpc) is 3.16. The molecule has 0 saturated heterocycles. The molecule has 4 rings (SSSR count). The highest BCUT2D eigenvalue weighted by atomic mass is 35.5. The number of nitrogens with one attached hydrogen (secondary N) is 1. The second-order valence-electron chi connectivity index (χ2n) is 8.47. The van der Waals surface area contributed by atoms with Crippen LogP contribution in [-0.2, 0) is 16.0 Å². The van der Waals surface area contributed by atoms with Crippen molar-refractivity contribution in [1.29, 1.82) is 0 Å². The molecule has 1 aliphatic carbocycles. The minimum atomic E-state index is -1.35. The lowest BCUT2D eigenvalue weighted by Crippen LogP contribution is -2.31. The summed E-state index contributed by atoms with van der Waals surface area (Å²) in [6.45, 7) is 0.232. The summed E-state index contributed by atoms with van der Waals surface area (Å²) in [5, 5.41) is 33.0. The van der Waals surface area contributed by atoms with E-state index in [4.69, 9.17) is 21.4 Å².